The van der Waals surface area contributed by atoms with Crippen LogP contribution in [0.25, 0.3) is 0 Å². The van der Waals surface area contributed by atoms with Gasteiger partial charge in [0.25, 0.3) is 0 Å². The molecule has 0 aromatic rings. The van der Waals surface area contributed by atoms with E-state index in [-0.39, 0.29) is 0 Å². The van der Waals surface area contributed by atoms with Crippen LogP contribution in [0.3, 0.4) is 0 Å². The molecule has 0 saturated heterocycles. The number of rotatable bonds is 12. The van der Waals surface area contributed by atoms with Crippen LogP contribution in [-0.4, -0.2) is 0 Å². The van der Waals surface area contributed by atoms with Gasteiger partial charge in [-0.1, -0.05) is 84.3 Å². The second-order valence-electron chi connectivity index (χ2n) is 5.72. The summed E-state index contributed by atoms with van der Waals surface area (Å²) in [5.74, 6) is 0.814. The van der Waals surface area contributed by atoms with Gasteiger partial charge < -0.3 is 0 Å². The molecule has 0 unspecified atom stereocenters. The van der Waals surface area contributed by atoms with Crippen LogP contribution in [0, 0.1) is 5.92 Å². The van der Waals surface area contributed by atoms with Crippen LogP contribution in [0.2, 0.25) is 0 Å². The molecule has 0 aromatic heterocycles. The van der Waals surface area contributed by atoms with Gasteiger partial charge in [-0.2, -0.15) is 0 Å². The Hall–Kier alpha value is -0.260. The first-order valence-electron chi connectivity index (χ1n) is 7.92. The van der Waals surface area contributed by atoms with E-state index in [1.165, 1.54) is 70.6 Å². The van der Waals surface area contributed by atoms with Crippen LogP contribution in [0.1, 0.15) is 91.4 Å². The largest absolute Gasteiger partial charge is 0.0885 e. The minimum atomic E-state index is 0.814. The highest BCUT2D eigenvalue weighted by atomic mass is 14.0. The average molecular weight is 238 g/mol. The lowest BCUT2D eigenvalue weighted by atomic mass is 10.1. The smallest absolute Gasteiger partial charge is 0.0327 e. The van der Waals surface area contributed by atoms with Gasteiger partial charge in [0.2, 0.25) is 0 Å². The van der Waals surface area contributed by atoms with Gasteiger partial charge >= 0.3 is 0 Å². The minimum Gasteiger partial charge on any atom is -0.0885 e. The summed E-state index contributed by atoms with van der Waals surface area (Å²) in [5.41, 5.74) is 0. The molecule has 0 aromatic carbocycles. The van der Waals surface area contributed by atoms with E-state index in [1.54, 1.807) is 0 Å². The van der Waals surface area contributed by atoms with E-state index >= 15 is 0 Å². The molecule has 0 aliphatic carbocycles. The monoisotopic (exact) mass is 238 g/mol. The number of unbranched alkanes of at least 4 members (excludes halogenated alkanes) is 9. The van der Waals surface area contributed by atoms with Crippen molar-refractivity contribution in [3.05, 3.63) is 12.2 Å². The van der Waals surface area contributed by atoms with Crippen LogP contribution in [0.5, 0.6) is 0 Å². The fourth-order valence-corrected chi connectivity index (χ4v) is 2.06. The number of hydrogen-bond donors (Lipinski definition) is 0. The highest BCUT2D eigenvalue weighted by Crippen LogP contribution is 2.11. The Bertz CT molecular complexity index is 155. The fourth-order valence-electron chi connectivity index (χ4n) is 2.06. The van der Waals surface area contributed by atoms with Crippen molar-refractivity contribution >= 4 is 0 Å². The molecule has 0 bridgehead atoms. The minimum absolute atomic E-state index is 0.814. The van der Waals surface area contributed by atoms with Crippen molar-refractivity contribution < 1.29 is 0 Å². The summed E-state index contributed by atoms with van der Waals surface area (Å²) in [6, 6.07) is 0. The first-order valence-corrected chi connectivity index (χ1v) is 7.92. The lowest BCUT2D eigenvalue weighted by Crippen LogP contribution is -1.82. The molecule has 0 fully saturated rings. The van der Waals surface area contributed by atoms with Gasteiger partial charge in [-0.05, 0) is 25.2 Å². The third-order valence-corrected chi connectivity index (χ3v) is 3.25. The molecule has 0 heteroatoms. The Morgan fingerprint density at radius 1 is 0.706 bits per heavy atom. The Balaban J connectivity index is 3.01. The van der Waals surface area contributed by atoms with Crippen LogP contribution in [0.4, 0.5) is 0 Å². The average Bonchev–Trinajstić information content (AvgIpc) is 2.30. The Labute approximate surface area is 110 Å². The van der Waals surface area contributed by atoms with Gasteiger partial charge in [0.15, 0.2) is 0 Å². The Morgan fingerprint density at radius 2 is 1.24 bits per heavy atom. The molecular weight excluding hydrogens is 204 g/mol. The third-order valence-electron chi connectivity index (χ3n) is 3.25. The van der Waals surface area contributed by atoms with Crippen molar-refractivity contribution in [3.63, 3.8) is 0 Å². The summed E-state index contributed by atoms with van der Waals surface area (Å²) >= 11 is 0. The van der Waals surface area contributed by atoms with Gasteiger partial charge in [-0.15, -0.1) is 0 Å². The maximum atomic E-state index is 2.38. The molecule has 0 aliphatic heterocycles. The van der Waals surface area contributed by atoms with E-state index in [1.807, 2.05) is 0 Å². The van der Waals surface area contributed by atoms with E-state index in [4.69, 9.17) is 0 Å². The van der Waals surface area contributed by atoms with Crippen LogP contribution in [-0.2, 0) is 0 Å². The first-order chi connectivity index (χ1) is 8.27. The van der Waals surface area contributed by atoms with E-state index in [2.05, 4.69) is 32.9 Å². The molecular formula is C17H34. The van der Waals surface area contributed by atoms with Crippen LogP contribution >= 0.6 is 0 Å². The van der Waals surface area contributed by atoms with Crippen molar-refractivity contribution in [1.29, 1.82) is 0 Å². The molecule has 0 nitrogen and oxygen atoms in total. The van der Waals surface area contributed by atoms with Crippen molar-refractivity contribution in [2.45, 2.75) is 91.4 Å². The van der Waals surface area contributed by atoms with Gasteiger partial charge in [0, 0.05) is 0 Å². The zero-order valence-electron chi connectivity index (χ0n) is 12.5. The van der Waals surface area contributed by atoms with Crippen molar-refractivity contribution in [2.24, 2.45) is 5.92 Å². The molecule has 0 amide bonds. The molecule has 0 rings (SSSR count). The fraction of sp³-hybridized carbons (Fsp3) is 0.882. The summed E-state index contributed by atoms with van der Waals surface area (Å²) in [4.78, 5) is 0. The summed E-state index contributed by atoms with van der Waals surface area (Å²) in [7, 11) is 0. The second kappa shape index (κ2) is 13.8. The van der Waals surface area contributed by atoms with Gasteiger partial charge in [-0.3, -0.25) is 0 Å². The topological polar surface area (TPSA) is 0 Å². The quantitative estimate of drug-likeness (QED) is 0.268. The highest BCUT2D eigenvalue weighted by Gasteiger charge is 1.91. The molecule has 0 saturated carbocycles. The number of allylic oxidation sites excluding steroid dienone is 2. The maximum Gasteiger partial charge on any atom is -0.0327 e. The normalized spacial score (nSPS) is 11.8. The molecule has 0 spiro atoms. The molecule has 0 heterocycles. The van der Waals surface area contributed by atoms with E-state index in [0.29, 0.717) is 0 Å². The molecule has 17 heavy (non-hydrogen) atoms. The summed E-state index contributed by atoms with van der Waals surface area (Å²) in [6.07, 6.45) is 20.2. The van der Waals surface area contributed by atoms with Crippen LogP contribution < -0.4 is 0 Å². The van der Waals surface area contributed by atoms with Gasteiger partial charge in [0.1, 0.15) is 0 Å². The molecule has 0 N–H and O–H groups in total. The lowest BCUT2D eigenvalue weighted by Gasteiger charge is -2.01. The predicted molar refractivity (Wildman–Crippen MR) is 80.4 cm³/mol. The zero-order chi connectivity index (χ0) is 12.8. The Morgan fingerprint density at radius 3 is 1.76 bits per heavy atom. The van der Waals surface area contributed by atoms with E-state index in [0.717, 1.165) is 5.92 Å². The maximum absolute atomic E-state index is 2.38. The molecule has 0 atom stereocenters. The lowest BCUT2D eigenvalue weighted by molar-refractivity contribution is 0.566. The first kappa shape index (κ1) is 16.7. The second-order valence-corrected chi connectivity index (χ2v) is 5.72. The third kappa shape index (κ3) is 15.7. The summed E-state index contributed by atoms with van der Waals surface area (Å²) < 4.78 is 0. The molecule has 0 aliphatic rings. The van der Waals surface area contributed by atoms with Crippen molar-refractivity contribution in [3.8, 4) is 0 Å². The molecule has 0 radical (unpaired) electrons. The summed E-state index contributed by atoms with van der Waals surface area (Å²) in [6.45, 7) is 6.85. The van der Waals surface area contributed by atoms with E-state index < -0.39 is 0 Å². The highest BCUT2D eigenvalue weighted by molar-refractivity contribution is 4.82. The van der Waals surface area contributed by atoms with Crippen molar-refractivity contribution in [2.75, 3.05) is 0 Å². The van der Waals surface area contributed by atoms with Crippen molar-refractivity contribution in [1.82, 2.24) is 0 Å². The van der Waals surface area contributed by atoms with Gasteiger partial charge in [0.05, 0.1) is 0 Å². The standard InChI is InChI=1S/C17H34/c1-4-5-6-7-8-9-10-11-12-13-14-15-16-17(2)3/h14-15,17H,4-13,16H2,1-3H3/b15-14-. The zero-order valence-corrected chi connectivity index (χ0v) is 12.5. The SMILES string of the molecule is CCCCCCCCCCC/C=C\CC(C)C. The number of hydrogen-bond acceptors (Lipinski definition) is 0. The Kier molecular flexibility index (Phi) is 13.6. The molecule has 102 valence electrons. The van der Waals surface area contributed by atoms with E-state index in [9.17, 15) is 0 Å². The van der Waals surface area contributed by atoms with Gasteiger partial charge in [-0.25, -0.2) is 0 Å². The summed E-state index contributed by atoms with van der Waals surface area (Å²) in [5, 5.41) is 0. The van der Waals surface area contributed by atoms with Crippen LogP contribution in [0.15, 0.2) is 12.2 Å². The predicted octanol–water partition coefficient (Wildman–Crippen LogP) is 6.51.